The van der Waals surface area contributed by atoms with Crippen molar-refractivity contribution in [1.82, 2.24) is 14.4 Å². The predicted octanol–water partition coefficient (Wildman–Crippen LogP) is 1.34. The number of fused-ring (bicyclic) bond motifs is 4. The first-order chi connectivity index (χ1) is 14.1. The molecule has 4 heterocycles. The van der Waals surface area contributed by atoms with Gasteiger partial charge in [0.05, 0.1) is 12.4 Å². The fraction of sp³-hybridized carbons (Fsp3) is 0.667. The van der Waals surface area contributed by atoms with E-state index >= 15 is 0 Å². The van der Waals surface area contributed by atoms with Crippen LogP contribution in [-0.2, 0) is 14.3 Å². The van der Waals surface area contributed by atoms with Crippen LogP contribution in [0.5, 0.6) is 0 Å². The molecular weight excluding hydrogens is 390 g/mol. The molecular formula is C21H29N3O4S. The van der Waals surface area contributed by atoms with Crippen LogP contribution in [0.3, 0.4) is 0 Å². The molecule has 0 spiro atoms. The standard InChI is InChI=1S/C21H29N3O4S/c1-2-29-14-19(26)23-12-15-11-16(13-23)20(24-17(15)5-3-6-18(24)25)21(27)22-7-4-9-28-10-8-22/h3,5-6,15-16,20H,2,4,7-14H2,1H3/t15-,16+,20+/m0/s1. The van der Waals surface area contributed by atoms with Gasteiger partial charge in [-0.1, -0.05) is 13.0 Å². The zero-order valence-electron chi connectivity index (χ0n) is 16.9. The van der Waals surface area contributed by atoms with Crippen LogP contribution < -0.4 is 5.56 Å². The monoisotopic (exact) mass is 419 g/mol. The fourth-order valence-electron chi connectivity index (χ4n) is 4.89. The molecule has 3 atom stereocenters. The van der Waals surface area contributed by atoms with Crippen LogP contribution in [0, 0.1) is 5.92 Å². The highest BCUT2D eigenvalue weighted by molar-refractivity contribution is 7.99. The first-order valence-electron chi connectivity index (χ1n) is 10.5. The van der Waals surface area contributed by atoms with Crippen LogP contribution in [0.4, 0.5) is 0 Å². The van der Waals surface area contributed by atoms with Crippen LogP contribution in [0.2, 0.25) is 0 Å². The smallest absolute Gasteiger partial charge is 0.251 e. The Labute approximate surface area is 175 Å². The first kappa shape index (κ1) is 20.5. The number of ether oxygens (including phenoxy) is 1. The summed E-state index contributed by atoms with van der Waals surface area (Å²) >= 11 is 1.62. The van der Waals surface area contributed by atoms with Gasteiger partial charge in [0.25, 0.3) is 5.56 Å². The summed E-state index contributed by atoms with van der Waals surface area (Å²) in [5, 5.41) is 0. The molecule has 0 aromatic carbocycles. The number of hydrogen-bond acceptors (Lipinski definition) is 5. The Balaban J connectivity index is 1.66. The minimum Gasteiger partial charge on any atom is -0.380 e. The van der Waals surface area contributed by atoms with Gasteiger partial charge in [0.1, 0.15) is 6.04 Å². The summed E-state index contributed by atoms with van der Waals surface area (Å²) < 4.78 is 7.22. The van der Waals surface area contributed by atoms with Gasteiger partial charge >= 0.3 is 0 Å². The lowest BCUT2D eigenvalue weighted by atomic mass is 9.78. The predicted molar refractivity (Wildman–Crippen MR) is 112 cm³/mol. The van der Waals surface area contributed by atoms with Crippen LogP contribution >= 0.6 is 11.8 Å². The molecule has 2 saturated heterocycles. The molecule has 0 N–H and O–H groups in total. The largest absolute Gasteiger partial charge is 0.380 e. The topological polar surface area (TPSA) is 71.9 Å². The number of nitrogens with zero attached hydrogens (tertiary/aromatic N) is 3. The fourth-order valence-corrected chi connectivity index (χ4v) is 5.45. The number of hydrogen-bond donors (Lipinski definition) is 0. The molecule has 4 rings (SSSR count). The summed E-state index contributed by atoms with van der Waals surface area (Å²) in [6.07, 6.45) is 1.65. The van der Waals surface area contributed by atoms with Gasteiger partial charge in [-0.15, -0.1) is 0 Å². The average Bonchev–Trinajstić information content (AvgIpc) is 3.02. The van der Waals surface area contributed by atoms with Crippen molar-refractivity contribution in [1.29, 1.82) is 0 Å². The summed E-state index contributed by atoms with van der Waals surface area (Å²) in [4.78, 5) is 42.8. The second-order valence-electron chi connectivity index (χ2n) is 8.02. The number of rotatable bonds is 4. The molecule has 158 valence electrons. The van der Waals surface area contributed by atoms with Gasteiger partial charge in [-0.25, -0.2) is 0 Å². The number of thioether (sulfide) groups is 1. The van der Waals surface area contributed by atoms with Gasteiger partial charge < -0.3 is 14.5 Å². The number of carbonyl (C=O) groups excluding carboxylic acids is 2. The van der Waals surface area contributed by atoms with E-state index in [2.05, 4.69) is 0 Å². The molecule has 1 aromatic heterocycles. The third-order valence-corrected chi connectivity index (χ3v) is 7.08. The van der Waals surface area contributed by atoms with Crippen molar-refractivity contribution in [3.05, 3.63) is 34.2 Å². The van der Waals surface area contributed by atoms with E-state index in [9.17, 15) is 14.4 Å². The summed E-state index contributed by atoms with van der Waals surface area (Å²) in [6.45, 7) is 5.61. The van der Waals surface area contributed by atoms with Crippen molar-refractivity contribution in [2.75, 3.05) is 50.9 Å². The summed E-state index contributed by atoms with van der Waals surface area (Å²) in [6, 6.07) is 4.71. The molecule has 2 fully saturated rings. The molecule has 0 unspecified atom stereocenters. The number of amides is 2. The van der Waals surface area contributed by atoms with E-state index in [-0.39, 0.29) is 29.2 Å². The molecule has 7 nitrogen and oxygen atoms in total. The lowest BCUT2D eigenvalue weighted by Gasteiger charge is -2.47. The van der Waals surface area contributed by atoms with Crippen LogP contribution in [-0.4, -0.2) is 77.1 Å². The van der Waals surface area contributed by atoms with Gasteiger partial charge in [0.15, 0.2) is 0 Å². The minimum absolute atomic E-state index is 0.00858. The highest BCUT2D eigenvalue weighted by Gasteiger charge is 2.45. The maximum absolute atomic E-state index is 13.6. The average molecular weight is 420 g/mol. The highest BCUT2D eigenvalue weighted by Crippen LogP contribution is 2.42. The van der Waals surface area contributed by atoms with E-state index in [1.807, 2.05) is 22.8 Å². The van der Waals surface area contributed by atoms with E-state index in [1.165, 1.54) is 6.07 Å². The van der Waals surface area contributed by atoms with Crippen molar-refractivity contribution in [2.45, 2.75) is 31.7 Å². The molecule has 8 heteroatoms. The third-order valence-electron chi connectivity index (χ3n) is 6.22. The molecule has 2 bridgehead atoms. The van der Waals surface area contributed by atoms with Gasteiger partial charge in [0, 0.05) is 56.4 Å². The molecule has 1 aromatic rings. The van der Waals surface area contributed by atoms with Crippen LogP contribution in [0.15, 0.2) is 23.0 Å². The van der Waals surface area contributed by atoms with Crippen molar-refractivity contribution >= 4 is 23.6 Å². The zero-order valence-corrected chi connectivity index (χ0v) is 17.7. The lowest BCUT2D eigenvalue weighted by molar-refractivity contribution is -0.141. The van der Waals surface area contributed by atoms with Crippen LogP contribution in [0.25, 0.3) is 0 Å². The Morgan fingerprint density at radius 2 is 2.03 bits per heavy atom. The van der Waals surface area contributed by atoms with Gasteiger partial charge in [-0.2, -0.15) is 11.8 Å². The number of likely N-dealkylation sites (tertiary alicyclic amines) is 1. The van der Waals surface area contributed by atoms with E-state index in [0.717, 1.165) is 24.3 Å². The second kappa shape index (κ2) is 8.92. The molecule has 0 aliphatic carbocycles. The summed E-state index contributed by atoms with van der Waals surface area (Å²) in [5.74, 6) is 1.57. The Bertz CT molecular complexity index is 818. The third kappa shape index (κ3) is 4.10. The van der Waals surface area contributed by atoms with Gasteiger partial charge in [0.2, 0.25) is 11.8 Å². The summed E-state index contributed by atoms with van der Waals surface area (Å²) in [7, 11) is 0. The Hall–Kier alpha value is -1.80. The van der Waals surface area contributed by atoms with Crippen molar-refractivity contribution in [3.63, 3.8) is 0 Å². The van der Waals surface area contributed by atoms with E-state index in [1.54, 1.807) is 22.4 Å². The minimum atomic E-state index is -0.539. The molecule has 3 aliphatic rings. The van der Waals surface area contributed by atoms with Crippen molar-refractivity contribution < 1.29 is 14.3 Å². The first-order valence-corrected chi connectivity index (χ1v) is 11.7. The molecule has 3 aliphatic heterocycles. The number of aromatic nitrogens is 1. The summed E-state index contributed by atoms with van der Waals surface area (Å²) in [5.41, 5.74) is 0.766. The van der Waals surface area contributed by atoms with Gasteiger partial charge in [-0.05, 0) is 24.7 Å². The Morgan fingerprint density at radius 3 is 2.86 bits per heavy atom. The van der Waals surface area contributed by atoms with Crippen molar-refractivity contribution in [2.24, 2.45) is 5.92 Å². The molecule has 0 radical (unpaired) electrons. The SMILES string of the molecule is CCSCC(=O)N1C[C@@H]2C[C@H](C1)[C@H](C(=O)N1CCCOCC1)n1c2cccc1=O. The van der Waals surface area contributed by atoms with E-state index in [4.69, 9.17) is 4.74 Å². The van der Waals surface area contributed by atoms with Gasteiger partial charge in [-0.3, -0.25) is 19.0 Å². The lowest BCUT2D eigenvalue weighted by Crippen LogP contribution is -2.55. The number of pyridine rings is 1. The molecule has 29 heavy (non-hydrogen) atoms. The van der Waals surface area contributed by atoms with E-state index in [0.29, 0.717) is 45.1 Å². The second-order valence-corrected chi connectivity index (χ2v) is 9.30. The maximum Gasteiger partial charge on any atom is 0.251 e. The normalized spacial score (nSPS) is 26.6. The van der Waals surface area contributed by atoms with E-state index < -0.39 is 6.04 Å². The quantitative estimate of drug-likeness (QED) is 0.737. The van der Waals surface area contributed by atoms with Crippen LogP contribution in [0.1, 0.15) is 37.4 Å². The number of piperidine rings is 1. The molecule has 2 amide bonds. The zero-order chi connectivity index (χ0) is 20.4. The Morgan fingerprint density at radius 1 is 1.17 bits per heavy atom. The maximum atomic E-state index is 13.6. The number of carbonyl (C=O) groups is 2. The Kier molecular flexibility index (Phi) is 6.29. The van der Waals surface area contributed by atoms with Crippen molar-refractivity contribution in [3.8, 4) is 0 Å². The highest BCUT2D eigenvalue weighted by atomic mass is 32.2. The molecule has 0 saturated carbocycles.